The molecule has 0 aliphatic rings. The van der Waals surface area contributed by atoms with Gasteiger partial charge in [0, 0.05) is 12.6 Å². The molecular formula is C16H13CuNO3-. The molecule has 0 fully saturated rings. The molecule has 2 rings (SSSR count). The van der Waals surface area contributed by atoms with Crippen LogP contribution in [0.1, 0.15) is 11.1 Å². The molecule has 0 spiro atoms. The molecule has 1 unspecified atom stereocenters. The van der Waals surface area contributed by atoms with Crippen LogP contribution in [0.4, 0.5) is 0 Å². The molecule has 1 atom stereocenters. The smallest absolute Gasteiger partial charge is 0.872 e. The second-order valence-electron chi connectivity index (χ2n) is 4.34. The Balaban J connectivity index is 0.00000220. The van der Waals surface area contributed by atoms with E-state index in [1.807, 2.05) is 30.3 Å². The molecule has 4 nitrogen and oxygen atoms in total. The van der Waals surface area contributed by atoms with E-state index in [-0.39, 0.29) is 29.2 Å². The van der Waals surface area contributed by atoms with E-state index in [0.29, 0.717) is 5.56 Å². The summed E-state index contributed by atoms with van der Waals surface area (Å²) in [5.74, 6) is -1.44. The fourth-order valence-electron chi connectivity index (χ4n) is 1.79. The number of carboxylic acid groups (broad SMARTS) is 1. The molecule has 2 aromatic rings. The number of rotatable bonds is 5. The van der Waals surface area contributed by atoms with Crippen molar-refractivity contribution in [1.29, 1.82) is 0 Å². The van der Waals surface area contributed by atoms with Crippen LogP contribution < -0.4 is 10.2 Å². The van der Waals surface area contributed by atoms with Crippen molar-refractivity contribution in [3.05, 3.63) is 65.7 Å². The minimum Gasteiger partial charge on any atom is -0.872 e. The first kappa shape index (κ1) is 17.0. The number of hydrogen-bond donors (Lipinski definition) is 0. The van der Waals surface area contributed by atoms with Gasteiger partial charge < -0.3 is 15.0 Å². The normalized spacial score (nSPS) is 11.8. The Morgan fingerprint density at radius 2 is 1.71 bits per heavy atom. The Bertz CT molecular complexity index is 614. The van der Waals surface area contributed by atoms with Gasteiger partial charge in [-0.2, -0.15) is 0 Å². The topological polar surface area (TPSA) is 75.5 Å². The van der Waals surface area contributed by atoms with Gasteiger partial charge >= 0.3 is 17.1 Å². The first-order valence-electron chi connectivity index (χ1n) is 6.21. The molecule has 21 heavy (non-hydrogen) atoms. The van der Waals surface area contributed by atoms with E-state index in [9.17, 15) is 15.0 Å². The Morgan fingerprint density at radius 1 is 1.10 bits per heavy atom. The van der Waals surface area contributed by atoms with Gasteiger partial charge in [-0.05, 0) is 11.1 Å². The summed E-state index contributed by atoms with van der Waals surface area (Å²) in [4.78, 5) is 15.1. The van der Waals surface area contributed by atoms with Crippen LogP contribution in [0.3, 0.4) is 0 Å². The summed E-state index contributed by atoms with van der Waals surface area (Å²) < 4.78 is 0. The zero-order chi connectivity index (χ0) is 14.4. The van der Waals surface area contributed by atoms with Gasteiger partial charge in [-0.1, -0.05) is 54.6 Å². The molecule has 0 aromatic heterocycles. The zero-order valence-corrected chi connectivity index (χ0v) is 12.0. The Labute approximate surface area is 133 Å². The summed E-state index contributed by atoms with van der Waals surface area (Å²) in [6, 6.07) is 14.5. The van der Waals surface area contributed by atoms with Gasteiger partial charge in [0.25, 0.3) is 0 Å². The Morgan fingerprint density at radius 3 is 2.33 bits per heavy atom. The van der Waals surface area contributed by atoms with Crippen molar-refractivity contribution in [2.75, 3.05) is 0 Å². The third kappa shape index (κ3) is 5.06. The van der Waals surface area contributed by atoms with E-state index in [2.05, 4.69) is 4.99 Å². The number of nitrogens with zero attached hydrogens (tertiary/aromatic N) is 1. The van der Waals surface area contributed by atoms with Gasteiger partial charge in [0.15, 0.2) is 0 Å². The number of benzene rings is 2. The number of aliphatic imine (C=N–C) groups is 1. The van der Waals surface area contributed by atoms with Crippen LogP contribution in [0, 0.1) is 0 Å². The second-order valence-corrected chi connectivity index (χ2v) is 4.34. The van der Waals surface area contributed by atoms with Crippen LogP contribution in [0.2, 0.25) is 0 Å². The van der Waals surface area contributed by atoms with Crippen LogP contribution in [-0.4, -0.2) is 18.2 Å². The fraction of sp³-hybridized carbons (Fsp3) is 0.125. The number of carboxylic acids is 1. The average molecular weight is 331 g/mol. The number of para-hydroxylation sites is 1. The molecule has 0 radical (unpaired) electrons. The van der Waals surface area contributed by atoms with Crippen LogP contribution >= 0.6 is 0 Å². The van der Waals surface area contributed by atoms with Crippen molar-refractivity contribution in [3.8, 4) is 5.75 Å². The van der Waals surface area contributed by atoms with Gasteiger partial charge in [-0.15, -0.1) is 5.75 Å². The quantitative estimate of drug-likeness (QED) is 0.593. The van der Waals surface area contributed by atoms with Crippen molar-refractivity contribution < 1.29 is 32.1 Å². The van der Waals surface area contributed by atoms with Gasteiger partial charge in [0.1, 0.15) is 0 Å². The van der Waals surface area contributed by atoms with Crippen LogP contribution in [0.5, 0.6) is 5.75 Å². The first-order chi connectivity index (χ1) is 9.66. The molecule has 0 saturated carbocycles. The summed E-state index contributed by atoms with van der Waals surface area (Å²) in [7, 11) is 0. The van der Waals surface area contributed by atoms with Gasteiger partial charge in [-0.25, -0.2) is 0 Å². The summed E-state index contributed by atoms with van der Waals surface area (Å²) >= 11 is 0. The molecule has 0 saturated heterocycles. The van der Waals surface area contributed by atoms with Crippen LogP contribution in [-0.2, 0) is 28.3 Å². The second kappa shape index (κ2) is 8.25. The predicted molar refractivity (Wildman–Crippen MR) is 72.4 cm³/mol. The summed E-state index contributed by atoms with van der Waals surface area (Å²) in [5.41, 5.74) is 1.22. The SMILES string of the molecule is O=C([O-])C(Cc1ccccc1)N=Cc1ccccc1[O-].[Cu+]. The van der Waals surface area contributed by atoms with E-state index in [0.717, 1.165) is 5.56 Å². The summed E-state index contributed by atoms with van der Waals surface area (Å²) in [6.07, 6.45) is 1.53. The average Bonchev–Trinajstić information content (AvgIpc) is 2.46. The maximum absolute atomic E-state index is 11.5. The van der Waals surface area contributed by atoms with E-state index in [1.165, 1.54) is 12.3 Å². The molecule has 0 amide bonds. The summed E-state index contributed by atoms with van der Waals surface area (Å²) in [5, 5.41) is 22.6. The van der Waals surface area contributed by atoms with E-state index >= 15 is 0 Å². The van der Waals surface area contributed by atoms with Gasteiger partial charge in [0.05, 0.1) is 12.0 Å². The minimum atomic E-state index is -1.26. The van der Waals surface area contributed by atoms with E-state index in [4.69, 9.17) is 0 Å². The summed E-state index contributed by atoms with van der Waals surface area (Å²) in [6.45, 7) is 0. The predicted octanol–water partition coefficient (Wildman–Crippen LogP) is 0.538. The monoisotopic (exact) mass is 330 g/mol. The standard InChI is InChI=1S/C16H15NO3.Cu/c18-15-9-5-4-8-13(15)11-17-14(16(19)20)10-12-6-2-1-3-7-12;/h1-9,11,14,18H,10H2,(H,19,20);/q;+1/p-2. The van der Waals surface area contributed by atoms with Gasteiger partial charge in [-0.3, -0.25) is 4.99 Å². The molecule has 0 aliphatic heterocycles. The zero-order valence-electron chi connectivity index (χ0n) is 11.0. The maximum Gasteiger partial charge on any atom is 1.00 e. The molecule has 0 bridgehead atoms. The molecule has 0 N–H and O–H groups in total. The third-order valence-corrected chi connectivity index (χ3v) is 2.86. The van der Waals surface area contributed by atoms with Gasteiger partial charge in [0.2, 0.25) is 0 Å². The van der Waals surface area contributed by atoms with Crippen molar-refractivity contribution in [2.45, 2.75) is 12.5 Å². The van der Waals surface area contributed by atoms with Crippen molar-refractivity contribution in [2.24, 2.45) is 4.99 Å². The van der Waals surface area contributed by atoms with Crippen molar-refractivity contribution in [3.63, 3.8) is 0 Å². The minimum absolute atomic E-state index is 0. The van der Waals surface area contributed by atoms with Crippen molar-refractivity contribution >= 4 is 12.2 Å². The number of hydrogen-bond acceptors (Lipinski definition) is 4. The van der Waals surface area contributed by atoms with E-state index in [1.54, 1.807) is 18.2 Å². The Kier molecular flexibility index (Phi) is 6.66. The molecule has 112 valence electrons. The number of carbonyl (C=O) groups is 1. The van der Waals surface area contributed by atoms with Crippen LogP contribution in [0.15, 0.2) is 59.6 Å². The maximum atomic E-state index is 11.5. The molecule has 0 aliphatic carbocycles. The fourth-order valence-corrected chi connectivity index (χ4v) is 1.79. The number of carbonyl (C=O) groups excluding carboxylic acids is 1. The third-order valence-electron chi connectivity index (χ3n) is 2.86. The van der Waals surface area contributed by atoms with Crippen LogP contribution in [0.25, 0.3) is 0 Å². The van der Waals surface area contributed by atoms with E-state index < -0.39 is 12.0 Å². The first-order valence-corrected chi connectivity index (χ1v) is 6.21. The largest absolute Gasteiger partial charge is 1.00 e. The number of aliphatic carboxylic acids is 1. The molecule has 2 aromatic carbocycles. The van der Waals surface area contributed by atoms with Crippen molar-refractivity contribution in [1.82, 2.24) is 0 Å². The molecular weight excluding hydrogens is 318 g/mol. The Hall–Kier alpha value is -2.10. The molecule has 0 heterocycles. The molecule has 5 heteroatoms.